The number of nitrogens with two attached hydrogens (primary N) is 1. The monoisotopic (exact) mass is 369 g/mol. The summed E-state index contributed by atoms with van der Waals surface area (Å²) in [6, 6.07) is 8.61. The fourth-order valence-corrected chi connectivity index (χ4v) is 3.30. The number of nitrogen functional groups attached to an aromatic ring is 1. The van der Waals surface area contributed by atoms with Gasteiger partial charge in [0.05, 0.1) is 5.52 Å². The van der Waals surface area contributed by atoms with Crippen molar-refractivity contribution >= 4 is 22.6 Å². The van der Waals surface area contributed by atoms with Crippen LogP contribution in [0.5, 0.6) is 0 Å². The zero-order chi connectivity index (χ0) is 19.9. The van der Waals surface area contributed by atoms with E-state index in [0.717, 1.165) is 43.2 Å². The molecule has 0 spiro atoms. The second-order valence-electron chi connectivity index (χ2n) is 8.52. The number of carbonyl (C=O) groups is 1. The molecule has 0 saturated carbocycles. The first-order valence-electron chi connectivity index (χ1n) is 10.3. The first kappa shape index (κ1) is 21.2. The normalized spacial score (nSPS) is 11.7. The average Bonchev–Trinajstić information content (AvgIpc) is 2.58. The van der Waals surface area contributed by atoms with Gasteiger partial charge in [-0.05, 0) is 82.2 Å². The van der Waals surface area contributed by atoms with E-state index >= 15 is 0 Å². The maximum Gasteiger partial charge on any atom is 0.220 e. The van der Waals surface area contributed by atoms with E-state index in [-0.39, 0.29) is 11.4 Å². The summed E-state index contributed by atoms with van der Waals surface area (Å²) in [6.07, 6.45) is 8.06. The van der Waals surface area contributed by atoms with E-state index in [1.54, 1.807) is 0 Å². The van der Waals surface area contributed by atoms with Crippen LogP contribution in [0.25, 0.3) is 10.9 Å². The predicted molar refractivity (Wildman–Crippen MR) is 115 cm³/mol. The minimum Gasteiger partial charge on any atom is -0.383 e. The Bertz CT molecular complexity index is 762. The number of anilines is 1. The lowest BCUT2D eigenvalue weighted by Gasteiger charge is -2.20. The van der Waals surface area contributed by atoms with Crippen molar-refractivity contribution in [2.45, 2.75) is 84.6 Å². The van der Waals surface area contributed by atoms with Gasteiger partial charge in [-0.15, -0.1) is 0 Å². The van der Waals surface area contributed by atoms with Crippen molar-refractivity contribution in [2.24, 2.45) is 0 Å². The molecule has 2 aromatic rings. The molecule has 27 heavy (non-hydrogen) atoms. The lowest BCUT2D eigenvalue weighted by Crippen LogP contribution is -2.40. The second-order valence-corrected chi connectivity index (χ2v) is 8.52. The van der Waals surface area contributed by atoms with E-state index in [4.69, 9.17) is 5.73 Å². The van der Waals surface area contributed by atoms with Crippen LogP contribution < -0.4 is 11.1 Å². The van der Waals surface area contributed by atoms with Gasteiger partial charge < -0.3 is 11.1 Å². The molecular weight excluding hydrogens is 334 g/mol. The van der Waals surface area contributed by atoms with Crippen LogP contribution in [-0.4, -0.2) is 16.4 Å². The van der Waals surface area contributed by atoms with E-state index in [1.807, 2.05) is 20.8 Å². The third kappa shape index (κ3) is 7.20. The maximum absolute atomic E-state index is 11.9. The quantitative estimate of drug-likeness (QED) is 0.599. The Labute approximate surface area is 163 Å². The van der Waals surface area contributed by atoms with Gasteiger partial charge in [-0.3, -0.25) is 4.79 Å². The molecule has 0 aliphatic heterocycles. The van der Waals surface area contributed by atoms with Gasteiger partial charge in [-0.25, -0.2) is 4.98 Å². The van der Waals surface area contributed by atoms with Crippen LogP contribution >= 0.6 is 0 Å². The van der Waals surface area contributed by atoms with Crippen molar-refractivity contribution in [3.63, 3.8) is 0 Å². The highest BCUT2D eigenvalue weighted by atomic mass is 16.1. The molecule has 0 aliphatic rings. The van der Waals surface area contributed by atoms with E-state index in [1.165, 1.54) is 23.8 Å². The third-order valence-corrected chi connectivity index (χ3v) is 4.67. The van der Waals surface area contributed by atoms with Crippen LogP contribution in [0.4, 0.5) is 5.82 Å². The molecule has 4 nitrogen and oxygen atoms in total. The number of benzene rings is 1. The van der Waals surface area contributed by atoms with E-state index in [9.17, 15) is 4.79 Å². The van der Waals surface area contributed by atoms with Crippen LogP contribution in [0.15, 0.2) is 24.3 Å². The van der Waals surface area contributed by atoms with Crippen LogP contribution in [0.3, 0.4) is 0 Å². The van der Waals surface area contributed by atoms with Gasteiger partial charge in [0.2, 0.25) is 5.91 Å². The highest BCUT2D eigenvalue weighted by Gasteiger charge is 2.13. The van der Waals surface area contributed by atoms with E-state index in [0.29, 0.717) is 12.2 Å². The molecular formula is C23H35N3O. The van der Waals surface area contributed by atoms with Gasteiger partial charge in [0.15, 0.2) is 0 Å². The minimum atomic E-state index is -0.154. The SMILES string of the molecule is CCCCCc1cc2cc(CCCCC(=O)NC(C)(C)C)ccc2nc1N. The molecule has 0 fully saturated rings. The molecule has 3 N–H and O–H groups in total. The van der Waals surface area contributed by atoms with Crippen LogP contribution in [-0.2, 0) is 17.6 Å². The fourth-order valence-electron chi connectivity index (χ4n) is 3.30. The summed E-state index contributed by atoms with van der Waals surface area (Å²) in [4.78, 5) is 16.5. The number of nitrogens with zero attached hydrogens (tertiary/aromatic N) is 1. The topological polar surface area (TPSA) is 68.0 Å². The predicted octanol–water partition coefficient (Wildman–Crippen LogP) is 5.18. The van der Waals surface area contributed by atoms with Crippen LogP contribution in [0.2, 0.25) is 0 Å². The molecule has 0 radical (unpaired) electrons. The fraction of sp³-hybridized carbons (Fsp3) is 0.565. The minimum absolute atomic E-state index is 0.136. The van der Waals surface area contributed by atoms with Gasteiger partial charge in [0.25, 0.3) is 0 Å². The number of nitrogens with one attached hydrogen (secondary N) is 1. The second kappa shape index (κ2) is 9.72. The first-order valence-corrected chi connectivity index (χ1v) is 10.3. The molecule has 0 bridgehead atoms. The highest BCUT2D eigenvalue weighted by Crippen LogP contribution is 2.22. The lowest BCUT2D eigenvalue weighted by atomic mass is 10.0. The zero-order valence-corrected chi connectivity index (χ0v) is 17.4. The highest BCUT2D eigenvalue weighted by molar-refractivity contribution is 5.82. The number of unbranched alkanes of at least 4 members (excludes halogenated alkanes) is 3. The summed E-state index contributed by atoms with van der Waals surface area (Å²) < 4.78 is 0. The summed E-state index contributed by atoms with van der Waals surface area (Å²) in [5.74, 6) is 0.800. The number of carbonyl (C=O) groups excluding carboxylic acids is 1. The Morgan fingerprint density at radius 3 is 2.52 bits per heavy atom. The number of aryl methyl sites for hydroxylation is 2. The molecule has 148 valence electrons. The number of amides is 1. The van der Waals surface area contributed by atoms with Crippen LogP contribution in [0, 0.1) is 0 Å². The summed E-state index contributed by atoms with van der Waals surface area (Å²) in [6.45, 7) is 8.24. The number of aromatic nitrogens is 1. The van der Waals surface area contributed by atoms with Crippen molar-refractivity contribution in [3.8, 4) is 0 Å². The number of fused-ring (bicyclic) bond motifs is 1. The van der Waals surface area contributed by atoms with Gasteiger partial charge >= 0.3 is 0 Å². The summed E-state index contributed by atoms with van der Waals surface area (Å²) in [5.41, 5.74) is 9.39. The standard InChI is InChI=1S/C23H35N3O/c1-5-6-7-11-18-16-19-15-17(13-14-20(19)25-22(18)24)10-8-9-12-21(27)26-23(2,3)4/h13-16H,5-12H2,1-4H3,(H2,24,25)(H,26,27). The lowest BCUT2D eigenvalue weighted by molar-refractivity contribution is -0.122. The Hall–Kier alpha value is -2.10. The largest absolute Gasteiger partial charge is 0.383 e. The van der Waals surface area contributed by atoms with Crippen molar-refractivity contribution in [1.29, 1.82) is 0 Å². The van der Waals surface area contributed by atoms with Crippen molar-refractivity contribution in [1.82, 2.24) is 10.3 Å². The van der Waals surface area contributed by atoms with Crippen molar-refractivity contribution in [2.75, 3.05) is 5.73 Å². The Kier molecular flexibility index (Phi) is 7.64. The molecule has 1 heterocycles. The molecule has 1 aromatic carbocycles. The molecule has 0 aliphatic carbocycles. The number of pyridine rings is 1. The Balaban J connectivity index is 1.93. The van der Waals surface area contributed by atoms with Crippen molar-refractivity contribution < 1.29 is 4.79 Å². The molecule has 0 atom stereocenters. The third-order valence-electron chi connectivity index (χ3n) is 4.67. The van der Waals surface area contributed by atoms with E-state index < -0.39 is 0 Å². The number of hydrogen-bond donors (Lipinski definition) is 2. The molecule has 1 amide bonds. The van der Waals surface area contributed by atoms with E-state index in [2.05, 4.69) is 41.5 Å². The molecule has 0 saturated heterocycles. The molecule has 1 aromatic heterocycles. The molecule has 0 unspecified atom stereocenters. The van der Waals surface area contributed by atoms with Gasteiger partial charge in [0.1, 0.15) is 5.82 Å². The first-order chi connectivity index (χ1) is 12.8. The molecule has 2 rings (SSSR count). The smallest absolute Gasteiger partial charge is 0.220 e. The number of rotatable bonds is 9. The Morgan fingerprint density at radius 1 is 1.07 bits per heavy atom. The van der Waals surface area contributed by atoms with Crippen LogP contribution in [0.1, 0.15) is 77.3 Å². The average molecular weight is 370 g/mol. The van der Waals surface area contributed by atoms with Gasteiger partial charge in [-0.1, -0.05) is 25.8 Å². The maximum atomic E-state index is 11.9. The Morgan fingerprint density at radius 2 is 1.81 bits per heavy atom. The molecule has 4 heteroatoms. The summed E-state index contributed by atoms with van der Waals surface area (Å²) in [5, 5.41) is 4.18. The summed E-state index contributed by atoms with van der Waals surface area (Å²) >= 11 is 0. The van der Waals surface area contributed by atoms with Gasteiger partial charge in [-0.2, -0.15) is 0 Å². The zero-order valence-electron chi connectivity index (χ0n) is 17.4. The van der Waals surface area contributed by atoms with Gasteiger partial charge in [0, 0.05) is 17.3 Å². The number of hydrogen-bond acceptors (Lipinski definition) is 3. The summed E-state index contributed by atoms with van der Waals surface area (Å²) in [7, 11) is 0. The van der Waals surface area contributed by atoms with Crippen molar-refractivity contribution in [3.05, 3.63) is 35.4 Å².